The van der Waals surface area contributed by atoms with E-state index in [1.807, 2.05) is 0 Å². The molecule has 6 heteroatoms. The fraction of sp³-hybridized carbons (Fsp3) is 0.533. The van der Waals surface area contributed by atoms with Crippen molar-refractivity contribution in [2.24, 2.45) is 0 Å². The largest absolute Gasteiger partial charge is 0.479 e. The number of nitrogens with zero attached hydrogens (tertiary/aromatic N) is 2. The number of carbonyl (C=O) groups is 2. The predicted molar refractivity (Wildman–Crippen MR) is 73.6 cm³/mol. The lowest BCUT2D eigenvalue weighted by molar-refractivity contribution is -0.150. The molecule has 1 aromatic heterocycles. The van der Waals surface area contributed by atoms with Crippen LogP contribution in [-0.4, -0.2) is 32.7 Å². The fourth-order valence-electron chi connectivity index (χ4n) is 3.39. The van der Waals surface area contributed by atoms with Crippen LogP contribution in [0, 0.1) is 0 Å². The molecule has 1 fully saturated rings. The number of fused-ring (bicyclic) bond motifs is 5. The molecule has 21 heavy (non-hydrogen) atoms. The van der Waals surface area contributed by atoms with E-state index in [-0.39, 0.29) is 6.04 Å². The Labute approximate surface area is 122 Å². The van der Waals surface area contributed by atoms with Gasteiger partial charge in [-0.1, -0.05) is 0 Å². The molecule has 2 aliphatic rings. The zero-order valence-corrected chi connectivity index (χ0v) is 12.3. The van der Waals surface area contributed by atoms with E-state index >= 15 is 0 Å². The molecule has 3 rings (SSSR count). The van der Waals surface area contributed by atoms with Gasteiger partial charge in [0.25, 0.3) is 0 Å². The summed E-state index contributed by atoms with van der Waals surface area (Å²) in [6.07, 6.45) is 3.66. The zero-order valence-electron chi connectivity index (χ0n) is 12.3. The first-order valence-electron chi connectivity index (χ1n) is 6.97. The van der Waals surface area contributed by atoms with E-state index in [1.165, 1.54) is 4.90 Å². The molecule has 1 N–H and O–H groups in total. The summed E-state index contributed by atoms with van der Waals surface area (Å²) >= 11 is 0. The van der Waals surface area contributed by atoms with Gasteiger partial charge in [-0.05, 0) is 50.8 Å². The van der Waals surface area contributed by atoms with Crippen LogP contribution in [0.4, 0.5) is 4.79 Å². The Morgan fingerprint density at radius 1 is 1.48 bits per heavy atom. The van der Waals surface area contributed by atoms with Crippen LogP contribution < -0.4 is 0 Å². The Balaban J connectivity index is 2.08. The highest BCUT2D eigenvalue weighted by Crippen LogP contribution is 2.57. The van der Waals surface area contributed by atoms with Gasteiger partial charge in [-0.2, -0.15) is 0 Å². The van der Waals surface area contributed by atoms with Crippen LogP contribution in [0.3, 0.4) is 0 Å². The molecule has 1 aromatic rings. The van der Waals surface area contributed by atoms with Crippen molar-refractivity contribution in [2.75, 3.05) is 0 Å². The van der Waals surface area contributed by atoms with E-state index in [4.69, 9.17) is 4.74 Å². The maximum atomic E-state index is 12.5. The summed E-state index contributed by atoms with van der Waals surface area (Å²) in [7, 11) is 0. The van der Waals surface area contributed by atoms with Crippen LogP contribution in [0.5, 0.6) is 0 Å². The lowest BCUT2D eigenvalue weighted by Gasteiger charge is -2.33. The number of pyridine rings is 1. The van der Waals surface area contributed by atoms with Crippen LogP contribution in [0.1, 0.15) is 50.8 Å². The van der Waals surface area contributed by atoms with Crippen LogP contribution in [0.15, 0.2) is 18.5 Å². The summed E-state index contributed by atoms with van der Waals surface area (Å²) in [5.41, 5.74) is -0.502. The molecule has 1 saturated heterocycles. The highest BCUT2D eigenvalue weighted by Gasteiger charge is 2.63. The SMILES string of the molecule is CC(C)(C)OC(=O)N1[C@H]2CC[C@]1(C(=O)O)c1ccncc12. The third-order valence-electron chi connectivity index (χ3n) is 4.10. The van der Waals surface area contributed by atoms with Crippen molar-refractivity contribution in [2.45, 2.75) is 50.8 Å². The van der Waals surface area contributed by atoms with Gasteiger partial charge in [-0.15, -0.1) is 0 Å². The van der Waals surface area contributed by atoms with Gasteiger partial charge in [0.2, 0.25) is 0 Å². The van der Waals surface area contributed by atoms with Gasteiger partial charge in [-0.25, -0.2) is 9.59 Å². The number of carboxylic acid groups (broad SMARTS) is 1. The maximum absolute atomic E-state index is 12.5. The molecule has 2 atom stereocenters. The summed E-state index contributed by atoms with van der Waals surface area (Å²) in [4.78, 5) is 29.9. The first-order chi connectivity index (χ1) is 9.77. The van der Waals surface area contributed by atoms with Crippen molar-refractivity contribution in [1.82, 2.24) is 9.88 Å². The summed E-state index contributed by atoms with van der Waals surface area (Å²) in [6.45, 7) is 5.31. The molecule has 1 amide bonds. The van der Waals surface area contributed by atoms with E-state index in [9.17, 15) is 14.7 Å². The molecular formula is C15H18N2O4. The van der Waals surface area contributed by atoms with Crippen molar-refractivity contribution in [3.05, 3.63) is 29.6 Å². The molecule has 6 nitrogen and oxygen atoms in total. The van der Waals surface area contributed by atoms with Crippen molar-refractivity contribution in [1.29, 1.82) is 0 Å². The minimum Gasteiger partial charge on any atom is -0.479 e. The highest BCUT2D eigenvalue weighted by molar-refractivity contribution is 5.89. The van der Waals surface area contributed by atoms with Crippen LogP contribution in [-0.2, 0) is 15.1 Å². The van der Waals surface area contributed by atoms with Crippen molar-refractivity contribution in [3.8, 4) is 0 Å². The minimum absolute atomic E-state index is 0.264. The number of ether oxygens (including phenoxy) is 1. The lowest BCUT2D eigenvalue weighted by atomic mass is 9.83. The summed E-state index contributed by atoms with van der Waals surface area (Å²) in [5, 5.41) is 9.78. The van der Waals surface area contributed by atoms with Crippen molar-refractivity contribution in [3.63, 3.8) is 0 Å². The van der Waals surface area contributed by atoms with Crippen LogP contribution in [0.25, 0.3) is 0 Å². The second-order valence-corrected chi connectivity index (χ2v) is 6.53. The Morgan fingerprint density at radius 3 is 2.81 bits per heavy atom. The van der Waals surface area contributed by atoms with Crippen LogP contribution >= 0.6 is 0 Å². The predicted octanol–water partition coefficient (Wildman–Crippen LogP) is 2.45. The molecule has 2 bridgehead atoms. The number of aromatic nitrogens is 1. The van der Waals surface area contributed by atoms with Crippen molar-refractivity contribution < 1.29 is 19.4 Å². The Morgan fingerprint density at radius 2 is 2.19 bits per heavy atom. The van der Waals surface area contributed by atoms with Crippen molar-refractivity contribution >= 4 is 12.1 Å². The third-order valence-corrected chi connectivity index (χ3v) is 4.10. The smallest absolute Gasteiger partial charge is 0.412 e. The van der Waals surface area contributed by atoms with E-state index in [0.29, 0.717) is 18.4 Å². The zero-order chi connectivity index (χ0) is 15.4. The molecule has 2 aliphatic heterocycles. The molecule has 0 aromatic carbocycles. The van der Waals surface area contributed by atoms with Gasteiger partial charge in [0.15, 0.2) is 5.54 Å². The second-order valence-electron chi connectivity index (χ2n) is 6.53. The third kappa shape index (κ3) is 1.81. The number of hydrogen-bond acceptors (Lipinski definition) is 4. The normalized spacial score (nSPS) is 26.6. The van der Waals surface area contributed by atoms with Gasteiger partial charge in [-0.3, -0.25) is 9.88 Å². The average Bonchev–Trinajstić information content (AvgIpc) is 2.90. The van der Waals surface area contributed by atoms with Gasteiger partial charge < -0.3 is 9.84 Å². The summed E-state index contributed by atoms with van der Waals surface area (Å²) in [6, 6.07) is 1.43. The summed E-state index contributed by atoms with van der Waals surface area (Å²) < 4.78 is 5.41. The van der Waals surface area contributed by atoms with E-state index in [1.54, 1.807) is 39.2 Å². The molecule has 0 unspecified atom stereocenters. The fourth-order valence-corrected chi connectivity index (χ4v) is 3.39. The minimum atomic E-state index is -1.31. The number of rotatable bonds is 1. The van der Waals surface area contributed by atoms with E-state index in [2.05, 4.69) is 4.98 Å². The van der Waals surface area contributed by atoms with E-state index in [0.717, 1.165) is 5.56 Å². The molecule has 3 heterocycles. The molecular weight excluding hydrogens is 272 g/mol. The highest BCUT2D eigenvalue weighted by atomic mass is 16.6. The first-order valence-corrected chi connectivity index (χ1v) is 6.97. The van der Waals surface area contributed by atoms with Gasteiger partial charge in [0, 0.05) is 12.4 Å². The first kappa shape index (κ1) is 13.9. The lowest BCUT2D eigenvalue weighted by Crippen LogP contribution is -2.49. The standard InChI is InChI=1S/C15H18N2O4/c1-14(2,3)21-13(20)17-11-4-6-15(17,12(18)19)10-5-7-16-8-9(10)11/h5,7-8,11H,4,6H2,1-3H3,(H,18,19)/t11-,15+/m0/s1. The van der Waals surface area contributed by atoms with Crippen LogP contribution in [0.2, 0.25) is 0 Å². The Bertz CT molecular complexity index is 622. The molecule has 0 saturated carbocycles. The molecule has 0 spiro atoms. The van der Waals surface area contributed by atoms with E-state index < -0.39 is 23.2 Å². The Hall–Kier alpha value is -2.11. The Kier molecular flexibility index (Phi) is 2.77. The maximum Gasteiger partial charge on any atom is 0.412 e. The number of carbonyl (C=O) groups excluding carboxylic acids is 1. The molecule has 0 aliphatic carbocycles. The monoisotopic (exact) mass is 290 g/mol. The number of aliphatic carboxylic acids is 1. The topological polar surface area (TPSA) is 79.7 Å². The average molecular weight is 290 g/mol. The second kappa shape index (κ2) is 4.19. The number of amides is 1. The number of hydrogen-bond donors (Lipinski definition) is 1. The van der Waals surface area contributed by atoms with Gasteiger partial charge in [0.05, 0.1) is 6.04 Å². The van der Waals surface area contributed by atoms with Gasteiger partial charge >= 0.3 is 12.1 Å². The summed E-state index contributed by atoms with van der Waals surface area (Å²) in [5.74, 6) is -1.01. The molecule has 0 radical (unpaired) electrons. The van der Waals surface area contributed by atoms with Gasteiger partial charge in [0.1, 0.15) is 5.60 Å². The number of carboxylic acids is 1. The quantitative estimate of drug-likeness (QED) is 0.859. The molecule has 112 valence electrons.